The molecule has 1 aromatic rings. The van der Waals surface area contributed by atoms with Gasteiger partial charge in [-0.2, -0.15) is 16.9 Å². The summed E-state index contributed by atoms with van der Waals surface area (Å²) in [7, 11) is 2.00. The average molecular weight is 211 g/mol. The molecule has 0 amide bonds. The van der Waals surface area contributed by atoms with Gasteiger partial charge in [0.1, 0.15) is 5.82 Å². The molecule has 2 rings (SSSR count). The van der Waals surface area contributed by atoms with Gasteiger partial charge in [-0.05, 0) is 31.3 Å². The standard InChI is InChI=1S/C10H17N3S/c1-7-9(13(2)12-10(7)11)8-3-5-14-6-4-8/h8H,3-6H2,1-2H3,(H2,11,12). The minimum Gasteiger partial charge on any atom is -0.382 e. The van der Waals surface area contributed by atoms with Crippen LogP contribution in [-0.4, -0.2) is 21.3 Å². The third-order valence-corrected chi connectivity index (χ3v) is 4.03. The van der Waals surface area contributed by atoms with Gasteiger partial charge in [0, 0.05) is 24.2 Å². The fourth-order valence-electron chi connectivity index (χ4n) is 2.21. The van der Waals surface area contributed by atoms with Crippen LogP contribution in [0.2, 0.25) is 0 Å². The molecule has 1 aliphatic heterocycles. The Hall–Kier alpha value is -0.640. The summed E-state index contributed by atoms with van der Waals surface area (Å²) in [5, 5.41) is 4.27. The number of thioether (sulfide) groups is 1. The number of aryl methyl sites for hydroxylation is 1. The van der Waals surface area contributed by atoms with E-state index in [-0.39, 0.29) is 0 Å². The Bertz CT molecular complexity index is 326. The van der Waals surface area contributed by atoms with Crippen molar-refractivity contribution in [3.63, 3.8) is 0 Å². The lowest BCUT2D eigenvalue weighted by atomic mass is 9.96. The normalized spacial score (nSPS) is 18.7. The van der Waals surface area contributed by atoms with E-state index in [0.717, 1.165) is 0 Å². The highest BCUT2D eigenvalue weighted by Crippen LogP contribution is 2.34. The molecule has 1 saturated heterocycles. The highest BCUT2D eigenvalue weighted by molar-refractivity contribution is 7.99. The molecule has 0 spiro atoms. The summed E-state index contributed by atoms with van der Waals surface area (Å²) >= 11 is 2.05. The fraction of sp³-hybridized carbons (Fsp3) is 0.700. The van der Waals surface area contributed by atoms with Crippen molar-refractivity contribution in [2.45, 2.75) is 25.7 Å². The first-order valence-electron chi connectivity index (χ1n) is 5.07. The molecule has 2 N–H and O–H groups in total. The molecule has 1 fully saturated rings. The summed E-state index contributed by atoms with van der Waals surface area (Å²) in [5.41, 5.74) is 8.35. The molecular weight excluding hydrogens is 194 g/mol. The predicted molar refractivity (Wildman–Crippen MR) is 61.7 cm³/mol. The van der Waals surface area contributed by atoms with E-state index in [9.17, 15) is 0 Å². The lowest BCUT2D eigenvalue weighted by molar-refractivity contribution is 0.568. The molecule has 4 heteroatoms. The summed E-state index contributed by atoms with van der Waals surface area (Å²) in [6.45, 7) is 2.08. The Morgan fingerprint density at radius 3 is 2.57 bits per heavy atom. The summed E-state index contributed by atoms with van der Waals surface area (Å²) in [5.74, 6) is 3.91. The summed E-state index contributed by atoms with van der Waals surface area (Å²) in [6, 6.07) is 0. The molecule has 0 unspecified atom stereocenters. The van der Waals surface area contributed by atoms with Crippen LogP contribution in [0.3, 0.4) is 0 Å². The minimum absolute atomic E-state index is 0.672. The maximum atomic E-state index is 5.81. The Morgan fingerprint density at radius 2 is 2.07 bits per heavy atom. The SMILES string of the molecule is Cc1c(N)nn(C)c1C1CCSCC1. The number of anilines is 1. The summed E-state index contributed by atoms with van der Waals surface area (Å²) < 4.78 is 1.96. The zero-order valence-electron chi connectivity index (χ0n) is 8.79. The number of aromatic nitrogens is 2. The van der Waals surface area contributed by atoms with Gasteiger partial charge < -0.3 is 5.73 Å². The Morgan fingerprint density at radius 1 is 1.43 bits per heavy atom. The highest BCUT2D eigenvalue weighted by Gasteiger charge is 2.22. The first-order valence-corrected chi connectivity index (χ1v) is 6.22. The van der Waals surface area contributed by atoms with Crippen LogP contribution in [0, 0.1) is 6.92 Å². The van der Waals surface area contributed by atoms with Gasteiger partial charge in [-0.1, -0.05) is 0 Å². The molecule has 0 aliphatic carbocycles. The van der Waals surface area contributed by atoms with Gasteiger partial charge in [-0.3, -0.25) is 4.68 Å². The quantitative estimate of drug-likeness (QED) is 0.772. The third-order valence-electron chi connectivity index (χ3n) is 2.98. The zero-order valence-corrected chi connectivity index (χ0v) is 9.60. The number of hydrogen-bond acceptors (Lipinski definition) is 3. The van der Waals surface area contributed by atoms with Crippen LogP contribution in [-0.2, 0) is 7.05 Å². The molecule has 0 saturated carbocycles. The predicted octanol–water partition coefficient (Wildman–Crippen LogP) is 1.92. The molecule has 78 valence electrons. The number of rotatable bonds is 1. The van der Waals surface area contributed by atoms with Gasteiger partial charge in [0.2, 0.25) is 0 Å². The molecule has 0 bridgehead atoms. The van der Waals surface area contributed by atoms with E-state index in [4.69, 9.17) is 5.73 Å². The molecule has 0 aromatic carbocycles. The van der Waals surface area contributed by atoms with Crippen molar-refractivity contribution < 1.29 is 0 Å². The molecule has 0 atom stereocenters. The van der Waals surface area contributed by atoms with Gasteiger partial charge in [-0.25, -0.2) is 0 Å². The smallest absolute Gasteiger partial charge is 0.148 e. The molecule has 14 heavy (non-hydrogen) atoms. The lowest BCUT2D eigenvalue weighted by Gasteiger charge is -2.22. The Kier molecular flexibility index (Phi) is 2.72. The molecule has 2 heterocycles. The largest absolute Gasteiger partial charge is 0.382 e. The topological polar surface area (TPSA) is 43.8 Å². The average Bonchev–Trinajstić information content (AvgIpc) is 2.43. The van der Waals surface area contributed by atoms with Gasteiger partial charge in [0.15, 0.2) is 0 Å². The highest BCUT2D eigenvalue weighted by atomic mass is 32.2. The van der Waals surface area contributed by atoms with E-state index in [1.165, 1.54) is 35.6 Å². The van der Waals surface area contributed by atoms with Crippen LogP contribution in [0.1, 0.15) is 30.0 Å². The van der Waals surface area contributed by atoms with Crippen molar-refractivity contribution >= 4 is 17.6 Å². The van der Waals surface area contributed by atoms with E-state index < -0.39 is 0 Å². The van der Waals surface area contributed by atoms with Crippen LogP contribution in [0.5, 0.6) is 0 Å². The van der Waals surface area contributed by atoms with Crippen LogP contribution >= 0.6 is 11.8 Å². The molecular formula is C10H17N3S. The van der Waals surface area contributed by atoms with Crippen LogP contribution < -0.4 is 5.73 Å². The van der Waals surface area contributed by atoms with Crippen LogP contribution in [0.4, 0.5) is 5.82 Å². The fourth-order valence-corrected chi connectivity index (χ4v) is 3.31. The number of nitrogens with two attached hydrogens (primary N) is 1. The molecule has 1 aliphatic rings. The van der Waals surface area contributed by atoms with E-state index in [1.807, 2.05) is 11.7 Å². The minimum atomic E-state index is 0.672. The Balaban J connectivity index is 2.29. The Labute approximate surface area is 89.1 Å². The van der Waals surface area contributed by atoms with Crippen molar-refractivity contribution in [1.29, 1.82) is 0 Å². The zero-order chi connectivity index (χ0) is 10.1. The van der Waals surface area contributed by atoms with Crippen molar-refractivity contribution in [2.24, 2.45) is 7.05 Å². The van der Waals surface area contributed by atoms with E-state index >= 15 is 0 Å². The molecule has 3 nitrogen and oxygen atoms in total. The van der Waals surface area contributed by atoms with Crippen LogP contribution in [0.25, 0.3) is 0 Å². The molecule has 0 radical (unpaired) electrons. The monoisotopic (exact) mass is 211 g/mol. The van der Waals surface area contributed by atoms with Crippen molar-refractivity contribution in [3.05, 3.63) is 11.3 Å². The number of nitrogen functional groups attached to an aromatic ring is 1. The van der Waals surface area contributed by atoms with E-state index in [0.29, 0.717) is 11.7 Å². The van der Waals surface area contributed by atoms with Gasteiger partial charge in [-0.15, -0.1) is 0 Å². The van der Waals surface area contributed by atoms with Crippen molar-refractivity contribution in [2.75, 3.05) is 17.2 Å². The number of hydrogen-bond donors (Lipinski definition) is 1. The number of nitrogens with zero attached hydrogens (tertiary/aromatic N) is 2. The first-order chi connectivity index (χ1) is 6.70. The van der Waals surface area contributed by atoms with Gasteiger partial charge >= 0.3 is 0 Å². The maximum absolute atomic E-state index is 5.81. The van der Waals surface area contributed by atoms with Crippen molar-refractivity contribution in [1.82, 2.24) is 9.78 Å². The van der Waals surface area contributed by atoms with E-state index in [1.54, 1.807) is 0 Å². The third kappa shape index (κ3) is 1.63. The summed E-state index contributed by atoms with van der Waals surface area (Å²) in [6.07, 6.45) is 2.54. The van der Waals surface area contributed by atoms with E-state index in [2.05, 4.69) is 23.8 Å². The summed E-state index contributed by atoms with van der Waals surface area (Å²) in [4.78, 5) is 0. The lowest BCUT2D eigenvalue weighted by Crippen LogP contribution is -2.12. The van der Waals surface area contributed by atoms with Crippen LogP contribution in [0.15, 0.2) is 0 Å². The second kappa shape index (κ2) is 3.85. The van der Waals surface area contributed by atoms with Gasteiger partial charge in [0.05, 0.1) is 0 Å². The molecule has 1 aromatic heterocycles. The van der Waals surface area contributed by atoms with Gasteiger partial charge in [0.25, 0.3) is 0 Å². The first kappa shape index (κ1) is 9.90. The maximum Gasteiger partial charge on any atom is 0.148 e. The second-order valence-corrected chi connectivity index (χ2v) is 5.13. The second-order valence-electron chi connectivity index (χ2n) is 3.91. The van der Waals surface area contributed by atoms with Crippen molar-refractivity contribution in [3.8, 4) is 0 Å².